The number of nitrogens with two attached hydrogens (primary N) is 1. The Kier molecular flexibility index (Phi) is 4.55. The molecule has 0 spiro atoms. The van der Waals surface area contributed by atoms with Crippen molar-refractivity contribution >= 4 is 5.71 Å². The van der Waals surface area contributed by atoms with Crippen LogP contribution >= 0.6 is 0 Å². The maximum Gasteiger partial charge on any atom is 0.119 e. The van der Waals surface area contributed by atoms with Crippen LogP contribution in [-0.4, -0.2) is 25.4 Å². The fraction of sp³-hybridized carbons (Fsp3) is 0.438. The molecular weight excluding hydrogens is 255 g/mol. The molecule has 3 nitrogen and oxygen atoms in total. The van der Waals surface area contributed by atoms with Crippen molar-refractivity contribution in [3.05, 3.63) is 41.7 Å². The van der Waals surface area contributed by atoms with Gasteiger partial charge in [-0.3, -0.25) is 4.99 Å². The molecule has 0 fully saturated rings. The van der Waals surface area contributed by atoms with Gasteiger partial charge in [0.15, 0.2) is 0 Å². The van der Waals surface area contributed by atoms with E-state index in [4.69, 9.17) is 10.5 Å². The molecule has 4 heteroatoms. The topological polar surface area (TPSA) is 47.6 Å². The molecule has 1 aromatic carbocycles. The number of rotatable bonds is 5. The smallest absolute Gasteiger partial charge is 0.119 e. The Balaban J connectivity index is 1.97. The molecule has 0 saturated carbocycles. The lowest BCUT2D eigenvalue weighted by molar-refractivity contribution is 0.347. The second-order valence-corrected chi connectivity index (χ2v) is 5.89. The first-order valence-electron chi connectivity index (χ1n) is 6.79. The van der Waals surface area contributed by atoms with Crippen molar-refractivity contribution in [3.63, 3.8) is 0 Å². The van der Waals surface area contributed by atoms with E-state index in [0.717, 1.165) is 24.2 Å². The second kappa shape index (κ2) is 6.18. The Morgan fingerprint density at radius 1 is 1.40 bits per heavy atom. The van der Waals surface area contributed by atoms with E-state index in [9.17, 15) is 4.39 Å². The van der Waals surface area contributed by atoms with E-state index < -0.39 is 0 Å². The van der Waals surface area contributed by atoms with E-state index in [0.29, 0.717) is 17.7 Å². The van der Waals surface area contributed by atoms with Crippen molar-refractivity contribution in [3.8, 4) is 5.75 Å². The third-order valence-corrected chi connectivity index (χ3v) is 3.37. The van der Waals surface area contributed by atoms with E-state index in [1.165, 1.54) is 0 Å². The highest BCUT2D eigenvalue weighted by molar-refractivity contribution is 6.02. The second-order valence-electron chi connectivity index (χ2n) is 5.89. The average Bonchev–Trinajstić information content (AvgIpc) is 2.81. The molecule has 108 valence electrons. The third-order valence-electron chi connectivity index (χ3n) is 3.37. The minimum absolute atomic E-state index is 0.167. The summed E-state index contributed by atoms with van der Waals surface area (Å²) >= 11 is 0. The zero-order chi connectivity index (χ0) is 14.6. The first-order chi connectivity index (χ1) is 9.54. The molecule has 0 bridgehead atoms. The van der Waals surface area contributed by atoms with Crippen molar-refractivity contribution in [2.24, 2.45) is 16.1 Å². The van der Waals surface area contributed by atoms with Crippen LogP contribution in [0.5, 0.6) is 5.75 Å². The van der Waals surface area contributed by atoms with Crippen molar-refractivity contribution in [1.29, 1.82) is 0 Å². The van der Waals surface area contributed by atoms with Gasteiger partial charge in [-0.05, 0) is 41.7 Å². The largest absolute Gasteiger partial charge is 0.489 e. The Bertz CT molecular complexity index is 518. The molecular formula is C16H21FN2O. The summed E-state index contributed by atoms with van der Waals surface area (Å²) in [4.78, 5) is 4.59. The van der Waals surface area contributed by atoms with E-state index in [2.05, 4.69) is 18.8 Å². The predicted molar refractivity (Wildman–Crippen MR) is 80.0 cm³/mol. The van der Waals surface area contributed by atoms with Gasteiger partial charge in [-0.2, -0.15) is 0 Å². The molecule has 0 aliphatic carbocycles. The first kappa shape index (κ1) is 14.7. The quantitative estimate of drug-likeness (QED) is 0.898. The minimum Gasteiger partial charge on any atom is -0.489 e. The van der Waals surface area contributed by atoms with Crippen LogP contribution in [-0.2, 0) is 0 Å². The molecule has 20 heavy (non-hydrogen) atoms. The van der Waals surface area contributed by atoms with Crippen LogP contribution in [0.4, 0.5) is 4.39 Å². The van der Waals surface area contributed by atoms with Crippen LogP contribution in [0.1, 0.15) is 25.8 Å². The van der Waals surface area contributed by atoms with Gasteiger partial charge in [-0.25, -0.2) is 4.39 Å². The summed E-state index contributed by atoms with van der Waals surface area (Å²) in [6, 6.07) is 7.76. The molecule has 0 unspecified atom stereocenters. The molecule has 0 saturated heterocycles. The molecule has 1 aliphatic heterocycles. The van der Waals surface area contributed by atoms with Gasteiger partial charge in [0.1, 0.15) is 12.4 Å². The summed E-state index contributed by atoms with van der Waals surface area (Å²) in [6.45, 7) is 5.67. The monoisotopic (exact) mass is 276 g/mol. The highest BCUT2D eigenvalue weighted by Crippen LogP contribution is 2.30. The maximum absolute atomic E-state index is 12.4. The van der Waals surface area contributed by atoms with E-state index in [-0.39, 0.29) is 18.6 Å². The normalized spacial score (nSPS) is 18.0. The van der Waals surface area contributed by atoms with Crippen molar-refractivity contribution < 1.29 is 9.13 Å². The third kappa shape index (κ3) is 3.67. The molecule has 2 rings (SSSR count). The number of halogens is 1. The maximum atomic E-state index is 12.4. The van der Waals surface area contributed by atoms with Gasteiger partial charge in [0.2, 0.25) is 0 Å². The van der Waals surface area contributed by atoms with Crippen LogP contribution < -0.4 is 10.5 Å². The molecule has 0 aromatic heterocycles. The van der Waals surface area contributed by atoms with Crippen LogP contribution in [0.2, 0.25) is 0 Å². The zero-order valence-corrected chi connectivity index (χ0v) is 12.0. The summed E-state index contributed by atoms with van der Waals surface area (Å²) in [5, 5.41) is 0. The minimum atomic E-state index is 0.167. The predicted octanol–water partition coefficient (Wildman–Crippen LogP) is 3.10. The summed E-state index contributed by atoms with van der Waals surface area (Å²) < 4.78 is 17.8. The number of hydrogen-bond acceptors (Lipinski definition) is 3. The number of ether oxygens (including phenoxy) is 1. The Labute approximate surface area is 119 Å². The van der Waals surface area contributed by atoms with Gasteiger partial charge in [-0.1, -0.05) is 13.8 Å². The van der Waals surface area contributed by atoms with E-state index in [1.807, 2.05) is 24.3 Å². The zero-order valence-electron chi connectivity index (χ0n) is 12.0. The fourth-order valence-corrected chi connectivity index (χ4v) is 2.12. The van der Waals surface area contributed by atoms with Gasteiger partial charge < -0.3 is 10.5 Å². The lowest BCUT2D eigenvalue weighted by atomic mass is 9.88. The summed E-state index contributed by atoms with van der Waals surface area (Å²) in [7, 11) is 0. The SMILES string of the molecule is CC1(C)CN=C(c2ccc(OC/C(=C/F)CN)cc2)C1. The van der Waals surface area contributed by atoms with Crippen LogP contribution in [0.25, 0.3) is 0 Å². The summed E-state index contributed by atoms with van der Waals surface area (Å²) in [5.41, 5.74) is 8.35. The molecule has 0 radical (unpaired) electrons. The van der Waals surface area contributed by atoms with Crippen LogP contribution in [0, 0.1) is 5.41 Å². The Morgan fingerprint density at radius 3 is 2.60 bits per heavy atom. The number of hydrogen-bond donors (Lipinski definition) is 1. The Morgan fingerprint density at radius 2 is 2.10 bits per heavy atom. The van der Waals surface area contributed by atoms with Crippen molar-refractivity contribution in [2.45, 2.75) is 20.3 Å². The lowest BCUT2D eigenvalue weighted by Gasteiger charge is -2.14. The number of benzene rings is 1. The standard InChI is InChI=1S/C16H21FN2O/c1-16(2)7-15(19-11-16)13-3-5-14(6-4-13)20-10-12(8-17)9-18/h3-6,8H,7,9-11,18H2,1-2H3/b12-8+. The van der Waals surface area contributed by atoms with Crippen molar-refractivity contribution in [1.82, 2.24) is 0 Å². The molecule has 1 heterocycles. The molecule has 0 amide bonds. The highest BCUT2D eigenvalue weighted by Gasteiger charge is 2.26. The molecule has 1 aromatic rings. The van der Waals surface area contributed by atoms with Gasteiger partial charge in [0.25, 0.3) is 0 Å². The summed E-state index contributed by atoms with van der Waals surface area (Å²) in [5.74, 6) is 0.708. The van der Waals surface area contributed by atoms with E-state index >= 15 is 0 Å². The van der Waals surface area contributed by atoms with E-state index in [1.54, 1.807) is 0 Å². The van der Waals surface area contributed by atoms with Gasteiger partial charge >= 0.3 is 0 Å². The van der Waals surface area contributed by atoms with Gasteiger partial charge in [0.05, 0.1) is 6.33 Å². The van der Waals surface area contributed by atoms with Crippen molar-refractivity contribution in [2.75, 3.05) is 19.7 Å². The number of aliphatic imine (C=N–C) groups is 1. The number of nitrogens with zero attached hydrogens (tertiary/aromatic N) is 1. The van der Waals surface area contributed by atoms with Gasteiger partial charge in [-0.15, -0.1) is 0 Å². The molecule has 1 aliphatic rings. The molecule has 2 N–H and O–H groups in total. The van der Waals surface area contributed by atoms with Crippen LogP contribution in [0.15, 0.2) is 41.2 Å². The highest BCUT2D eigenvalue weighted by atomic mass is 19.1. The fourth-order valence-electron chi connectivity index (χ4n) is 2.12. The average molecular weight is 276 g/mol. The molecule has 0 atom stereocenters. The van der Waals surface area contributed by atoms with Crippen LogP contribution in [0.3, 0.4) is 0 Å². The van der Waals surface area contributed by atoms with Gasteiger partial charge in [0, 0.05) is 24.4 Å². The first-order valence-corrected chi connectivity index (χ1v) is 6.79. The lowest BCUT2D eigenvalue weighted by Crippen LogP contribution is -2.12. The summed E-state index contributed by atoms with van der Waals surface area (Å²) in [6.07, 6.45) is 1.50. The Hall–Kier alpha value is -1.68.